The second-order valence-corrected chi connectivity index (χ2v) is 7.79. The largest absolute Gasteiger partial charge is 0.497 e. The fourth-order valence-electron chi connectivity index (χ4n) is 3.83. The summed E-state index contributed by atoms with van der Waals surface area (Å²) in [5, 5.41) is 0. The van der Waals surface area contributed by atoms with Crippen LogP contribution in [-0.4, -0.2) is 35.2 Å². The smallest absolute Gasteiger partial charge is 0.231 e. The molecule has 3 aromatic rings. The number of rotatable bonds is 7. The van der Waals surface area contributed by atoms with E-state index in [4.69, 9.17) is 28.4 Å². The Morgan fingerprint density at radius 1 is 0.710 bits per heavy atom. The molecule has 0 fully saturated rings. The Kier molecular flexibility index (Phi) is 6.13. The molecular formula is C24H23BrO6. The molecule has 1 heterocycles. The van der Waals surface area contributed by atoms with E-state index >= 15 is 0 Å². The molecule has 0 radical (unpaired) electrons. The summed E-state index contributed by atoms with van der Waals surface area (Å²) in [6.45, 7) is 0.172. The predicted octanol–water partition coefficient (Wildman–Crippen LogP) is 5.39. The first-order valence-electron chi connectivity index (χ1n) is 9.62. The Labute approximate surface area is 189 Å². The van der Waals surface area contributed by atoms with E-state index in [9.17, 15) is 0 Å². The fraction of sp³-hybridized carbons (Fsp3) is 0.250. The third kappa shape index (κ3) is 3.97. The molecule has 6 nitrogen and oxygen atoms in total. The maximum atomic E-state index is 5.87. The van der Waals surface area contributed by atoms with E-state index < -0.39 is 0 Å². The SMILES string of the molecule is COc1ccc(C(c2ccc(OC)cc2OC)c2cc(Br)cc3c2OCO3)c(OC)c1. The van der Waals surface area contributed by atoms with Crippen LogP contribution in [0, 0.1) is 0 Å². The van der Waals surface area contributed by atoms with Crippen molar-refractivity contribution < 1.29 is 28.4 Å². The van der Waals surface area contributed by atoms with Crippen molar-refractivity contribution in [3.8, 4) is 34.5 Å². The van der Waals surface area contributed by atoms with Gasteiger partial charge in [-0.1, -0.05) is 28.1 Å². The molecule has 1 aliphatic rings. The van der Waals surface area contributed by atoms with Crippen molar-refractivity contribution in [2.45, 2.75) is 5.92 Å². The number of hydrogen-bond donors (Lipinski definition) is 0. The van der Waals surface area contributed by atoms with Gasteiger partial charge in [-0.3, -0.25) is 0 Å². The molecule has 0 amide bonds. The van der Waals surface area contributed by atoms with Crippen molar-refractivity contribution in [1.29, 1.82) is 0 Å². The van der Waals surface area contributed by atoms with Crippen LogP contribution in [0.15, 0.2) is 53.0 Å². The number of halogens is 1. The summed E-state index contributed by atoms with van der Waals surface area (Å²) in [6, 6.07) is 15.5. The quantitative estimate of drug-likeness (QED) is 0.417. The van der Waals surface area contributed by atoms with Gasteiger partial charge in [-0.25, -0.2) is 0 Å². The molecule has 0 saturated heterocycles. The molecule has 162 valence electrons. The summed E-state index contributed by atoms with van der Waals surface area (Å²) >= 11 is 3.61. The zero-order valence-electron chi connectivity index (χ0n) is 17.7. The van der Waals surface area contributed by atoms with E-state index in [-0.39, 0.29) is 12.7 Å². The zero-order valence-corrected chi connectivity index (χ0v) is 19.3. The van der Waals surface area contributed by atoms with Gasteiger partial charge in [0.05, 0.1) is 28.4 Å². The van der Waals surface area contributed by atoms with Gasteiger partial charge in [0, 0.05) is 39.2 Å². The molecule has 0 saturated carbocycles. The van der Waals surface area contributed by atoms with Gasteiger partial charge in [-0.05, 0) is 24.3 Å². The Balaban J connectivity index is 2.00. The van der Waals surface area contributed by atoms with E-state index in [0.717, 1.165) is 21.2 Å². The van der Waals surface area contributed by atoms with Gasteiger partial charge in [0.25, 0.3) is 0 Å². The minimum absolute atomic E-state index is 0.172. The third-order valence-electron chi connectivity index (χ3n) is 5.28. The van der Waals surface area contributed by atoms with Crippen LogP contribution in [0.4, 0.5) is 0 Å². The fourth-order valence-corrected chi connectivity index (χ4v) is 4.29. The summed E-state index contributed by atoms with van der Waals surface area (Å²) in [6.07, 6.45) is 0. The molecule has 3 aromatic carbocycles. The Hall–Kier alpha value is -3.06. The molecule has 0 N–H and O–H groups in total. The van der Waals surface area contributed by atoms with Gasteiger partial charge in [-0.15, -0.1) is 0 Å². The molecule has 0 aromatic heterocycles. The third-order valence-corrected chi connectivity index (χ3v) is 5.74. The van der Waals surface area contributed by atoms with Crippen LogP contribution in [0.2, 0.25) is 0 Å². The Morgan fingerprint density at radius 2 is 1.29 bits per heavy atom. The lowest BCUT2D eigenvalue weighted by atomic mass is 9.83. The lowest BCUT2D eigenvalue weighted by Crippen LogP contribution is -2.09. The highest BCUT2D eigenvalue weighted by molar-refractivity contribution is 9.10. The highest BCUT2D eigenvalue weighted by Crippen LogP contribution is 2.50. The van der Waals surface area contributed by atoms with Crippen LogP contribution in [0.3, 0.4) is 0 Å². The zero-order chi connectivity index (χ0) is 22.0. The van der Waals surface area contributed by atoms with Gasteiger partial charge in [0.2, 0.25) is 6.79 Å². The molecular weight excluding hydrogens is 464 g/mol. The lowest BCUT2D eigenvalue weighted by molar-refractivity contribution is 0.173. The minimum atomic E-state index is -0.269. The normalized spacial score (nSPS) is 12.1. The van der Waals surface area contributed by atoms with E-state index in [0.29, 0.717) is 34.5 Å². The number of fused-ring (bicyclic) bond motifs is 1. The predicted molar refractivity (Wildman–Crippen MR) is 120 cm³/mol. The molecule has 7 heteroatoms. The van der Waals surface area contributed by atoms with E-state index in [1.165, 1.54) is 0 Å². The molecule has 0 spiro atoms. The molecule has 4 rings (SSSR count). The van der Waals surface area contributed by atoms with Crippen LogP contribution in [0.1, 0.15) is 22.6 Å². The van der Waals surface area contributed by atoms with Crippen LogP contribution in [0.25, 0.3) is 0 Å². The number of ether oxygens (including phenoxy) is 6. The van der Waals surface area contributed by atoms with Crippen molar-refractivity contribution in [3.05, 3.63) is 69.7 Å². The van der Waals surface area contributed by atoms with Gasteiger partial charge >= 0.3 is 0 Å². The first kappa shape index (κ1) is 21.2. The average Bonchev–Trinajstić information content (AvgIpc) is 3.27. The van der Waals surface area contributed by atoms with Crippen molar-refractivity contribution in [2.24, 2.45) is 0 Å². The highest BCUT2D eigenvalue weighted by atomic mass is 79.9. The van der Waals surface area contributed by atoms with E-state index in [1.54, 1.807) is 28.4 Å². The summed E-state index contributed by atoms with van der Waals surface area (Å²) in [5.74, 6) is 3.91. The van der Waals surface area contributed by atoms with Crippen molar-refractivity contribution in [3.63, 3.8) is 0 Å². The minimum Gasteiger partial charge on any atom is -0.497 e. The van der Waals surface area contributed by atoms with Gasteiger partial charge in [0.15, 0.2) is 11.5 Å². The van der Waals surface area contributed by atoms with Gasteiger partial charge in [-0.2, -0.15) is 0 Å². The second kappa shape index (κ2) is 8.98. The highest BCUT2D eigenvalue weighted by Gasteiger charge is 2.31. The van der Waals surface area contributed by atoms with Crippen LogP contribution in [-0.2, 0) is 0 Å². The summed E-state index contributed by atoms with van der Waals surface area (Å²) in [7, 11) is 6.55. The maximum Gasteiger partial charge on any atom is 0.231 e. The molecule has 0 unspecified atom stereocenters. The summed E-state index contributed by atoms with van der Waals surface area (Å²) in [5.41, 5.74) is 2.79. The topological polar surface area (TPSA) is 55.4 Å². The standard InChI is InChI=1S/C24H23BrO6/c1-26-15-5-7-17(20(11-15)28-3)23(18-8-6-16(27-2)12-21(18)29-4)19-9-14(25)10-22-24(19)31-13-30-22/h5-12,23H,13H2,1-4H3. The van der Waals surface area contributed by atoms with E-state index in [1.807, 2.05) is 48.5 Å². The first-order valence-corrected chi connectivity index (χ1v) is 10.4. The van der Waals surface area contributed by atoms with Crippen molar-refractivity contribution in [1.82, 2.24) is 0 Å². The molecule has 0 bridgehead atoms. The second-order valence-electron chi connectivity index (χ2n) is 6.88. The van der Waals surface area contributed by atoms with Crippen LogP contribution >= 0.6 is 15.9 Å². The monoisotopic (exact) mass is 486 g/mol. The van der Waals surface area contributed by atoms with Crippen LogP contribution in [0.5, 0.6) is 34.5 Å². The van der Waals surface area contributed by atoms with Crippen molar-refractivity contribution in [2.75, 3.05) is 35.2 Å². The van der Waals surface area contributed by atoms with Crippen LogP contribution < -0.4 is 28.4 Å². The summed E-state index contributed by atoms with van der Waals surface area (Å²) in [4.78, 5) is 0. The van der Waals surface area contributed by atoms with Gasteiger partial charge < -0.3 is 28.4 Å². The number of benzene rings is 3. The average molecular weight is 487 g/mol. The maximum absolute atomic E-state index is 5.87. The Bertz CT molecular complexity index is 1040. The van der Waals surface area contributed by atoms with Crippen molar-refractivity contribution >= 4 is 15.9 Å². The number of methoxy groups -OCH3 is 4. The van der Waals surface area contributed by atoms with Gasteiger partial charge in [0.1, 0.15) is 23.0 Å². The summed E-state index contributed by atoms with van der Waals surface area (Å²) < 4.78 is 34.7. The lowest BCUT2D eigenvalue weighted by Gasteiger charge is -2.25. The van der Waals surface area contributed by atoms with E-state index in [2.05, 4.69) is 15.9 Å². The molecule has 31 heavy (non-hydrogen) atoms. The number of hydrogen-bond acceptors (Lipinski definition) is 6. The Morgan fingerprint density at radius 3 is 1.81 bits per heavy atom. The molecule has 0 atom stereocenters. The first-order chi connectivity index (χ1) is 15.1. The molecule has 1 aliphatic heterocycles. The molecule has 0 aliphatic carbocycles.